The molecule has 3 heteroatoms. The number of aryl methyl sites for hydroxylation is 1. The van der Waals surface area contributed by atoms with Crippen molar-refractivity contribution in [2.75, 3.05) is 0 Å². The summed E-state index contributed by atoms with van der Waals surface area (Å²) in [5.41, 5.74) is 1.13. The van der Waals surface area contributed by atoms with E-state index in [-0.39, 0.29) is 11.9 Å². The van der Waals surface area contributed by atoms with Crippen molar-refractivity contribution >= 4 is 5.91 Å². The Kier molecular flexibility index (Phi) is 6.40. The second-order valence-electron chi connectivity index (χ2n) is 4.92. The fourth-order valence-electron chi connectivity index (χ4n) is 2.02. The van der Waals surface area contributed by atoms with E-state index in [9.17, 15) is 4.79 Å². The third kappa shape index (κ3) is 4.93. The van der Waals surface area contributed by atoms with Gasteiger partial charge in [-0.25, -0.2) is 0 Å². The maximum absolute atomic E-state index is 12.0. The van der Waals surface area contributed by atoms with E-state index in [1.54, 1.807) is 6.92 Å². The lowest BCUT2D eigenvalue weighted by atomic mass is 10.1. The molecule has 0 spiro atoms. The molecule has 0 aliphatic carbocycles. The Morgan fingerprint density at radius 3 is 2.58 bits per heavy atom. The highest BCUT2D eigenvalue weighted by Gasteiger charge is 2.17. The Hall–Kier alpha value is -1.51. The lowest BCUT2D eigenvalue weighted by Gasteiger charge is -2.19. The number of hydrogen-bond donors (Lipinski definition) is 1. The average Bonchev–Trinajstić information content (AvgIpc) is 2.39. The van der Waals surface area contributed by atoms with Gasteiger partial charge in [0.25, 0.3) is 5.91 Å². The van der Waals surface area contributed by atoms with E-state index in [1.807, 2.05) is 31.2 Å². The number of carbonyl (C=O) groups excluding carboxylic acids is 1. The zero-order valence-corrected chi connectivity index (χ0v) is 12.4. The van der Waals surface area contributed by atoms with Crippen molar-refractivity contribution in [3.05, 3.63) is 29.8 Å². The summed E-state index contributed by atoms with van der Waals surface area (Å²) in [5.74, 6) is 0.752. The molecule has 0 aromatic heterocycles. The maximum Gasteiger partial charge on any atom is 0.260 e. The number of hydrogen-bond acceptors (Lipinski definition) is 2. The second kappa shape index (κ2) is 7.82. The first-order chi connectivity index (χ1) is 9.08. The van der Waals surface area contributed by atoms with Crippen molar-refractivity contribution < 1.29 is 9.53 Å². The van der Waals surface area contributed by atoms with Gasteiger partial charge >= 0.3 is 0 Å². The summed E-state index contributed by atoms with van der Waals surface area (Å²) in [4.78, 5) is 12.0. The summed E-state index contributed by atoms with van der Waals surface area (Å²) in [6.45, 7) is 8.00. The van der Waals surface area contributed by atoms with Gasteiger partial charge in [0.05, 0.1) is 0 Å². The van der Waals surface area contributed by atoms with Crippen LogP contribution in [0.4, 0.5) is 0 Å². The van der Waals surface area contributed by atoms with Crippen molar-refractivity contribution in [3.8, 4) is 5.75 Å². The molecule has 19 heavy (non-hydrogen) atoms. The zero-order valence-electron chi connectivity index (χ0n) is 12.4. The van der Waals surface area contributed by atoms with Crippen LogP contribution < -0.4 is 10.1 Å². The van der Waals surface area contributed by atoms with Crippen LogP contribution in [0.2, 0.25) is 0 Å². The van der Waals surface area contributed by atoms with Crippen molar-refractivity contribution in [2.24, 2.45) is 0 Å². The fraction of sp³-hybridized carbons (Fsp3) is 0.562. The van der Waals surface area contributed by atoms with E-state index in [0.717, 1.165) is 30.6 Å². The Bertz CT molecular complexity index is 403. The largest absolute Gasteiger partial charge is 0.481 e. The van der Waals surface area contributed by atoms with Gasteiger partial charge in [-0.05, 0) is 38.3 Å². The minimum absolute atomic E-state index is 0.0492. The Labute approximate surface area is 116 Å². The Morgan fingerprint density at radius 2 is 1.95 bits per heavy atom. The molecule has 0 saturated heterocycles. The molecule has 2 unspecified atom stereocenters. The molecule has 0 saturated carbocycles. The summed E-state index contributed by atoms with van der Waals surface area (Å²) in [7, 11) is 0. The number of ether oxygens (including phenoxy) is 1. The summed E-state index contributed by atoms with van der Waals surface area (Å²) >= 11 is 0. The molecule has 1 amide bonds. The minimum Gasteiger partial charge on any atom is -0.481 e. The lowest BCUT2D eigenvalue weighted by Crippen LogP contribution is -2.41. The highest BCUT2D eigenvalue weighted by Crippen LogP contribution is 2.19. The number of carbonyl (C=O) groups is 1. The van der Waals surface area contributed by atoms with Crippen LogP contribution in [-0.4, -0.2) is 18.1 Å². The third-order valence-electron chi connectivity index (χ3n) is 3.14. The first-order valence-electron chi connectivity index (χ1n) is 7.13. The van der Waals surface area contributed by atoms with Gasteiger partial charge in [0, 0.05) is 6.04 Å². The third-order valence-corrected chi connectivity index (χ3v) is 3.14. The normalized spacial score (nSPS) is 13.7. The van der Waals surface area contributed by atoms with Crippen molar-refractivity contribution in [1.82, 2.24) is 5.32 Å². The standard InChI is InChI=1S/C16H25NO2/c1-5-9-12(3)17-16(18)13(4)19-15-11-8-7-10-14(15)6-2/h7-8,10-13H,5-6,9H2,1-4H3,(H,17,18). The van der Waals surface area contributed by atoms with Crippen LogP contribution in [0.3, 0.4) is 0 Å². The number of benzene rings is 1. The highest BCUT2D eigenvalue weighted by atomic mass is 16.5. The first kappa shape index (κ1) is 15.5. The molecule has 2 atom stereocenters. The number of amides is 1. The number of para-hydroxylation sites is 1. The second-order valence-corrected chi connectivity index (χ2v) is 4.92. The molecule has 0 aliphatic heterocycles. The molecular formula is C16H25NO2. The van der Waals surface area contributed by atoms with E-state index in [2.05, 4.69) is 19.2 Å². The molecule has 0 heterocycles. The molecule has 1 rings (SSSR count). The summed E-state index contributed by atoms with van der Waals surface area (Å²) in [6.07, 6.45) is 2.49. The average molecular weight is 263 g/mol. The van der Waals surface area contributed by atoms with E-state index < -0.39 is 6.10 Å². The van der Waals surface area contributed by atoms with Crippen LogP contribution in [0, 0.1) is 0 Å². The number of rotatable bonds is 7. The van der Waals surface area contributed by atoms with Gasteiger partial charge in [0.1, 0.15) is 5.75 Å². The summed E-state index contributed by atoms with van der Waals surface area (Å²) in [6, 6.07) is 8.06. The van der Waals surface area contributed by atoms with Crippen LogP contribution in [0.25, 0.3) is 0 Å². The maximum atomic E-state index is 12.0. The van der Waals surface area contributed by atoms with Crippen LogP contribution >= 0.6 is 0 Å². The zero-order chi connectivity index (χ0) is 14.3. The van der Waals surface area contributed by atoms with Crippen molar-refractivity contribution in [2.45, 2.75) is 59.1 Å². The first-order valence-corrected chi connectivity index (χ1v) is 7.13. The smallest absolute Gasteiger partial charge is 0.260 e. The quantitative estimate of drug-likeness (QED) is 0.819. The SMILES string of the molecule is CCCC(C)NC(=O)C(C)Oc1ccccc1CC. The van der Waals surface area contributed by atoms with E-state index in [0.29, 0.717) is 0 Å². The summed E-state index contributed by atoms with van der Waals surface area (Å²) in [5, 5.41) is 2.97. The molecular weight excluding hydrogens is 238 g/mol. The number of nitrogens with one attached hydrogen (secondary N) is 1. The molecule has 0 bridgehead atoms. The molecule has 0 radical (unpaired) electrons. The fourth-order valence-corrected chi connectivity index (χ4v) is 2.02. The van der Waals surface area contributed by atoms with E-state index in [1.165, 1.54) is 0 Å². The topological polar surface area (TPSA) is 38.3 Å². The molecule has 1 N–H and O–H groups in total. The predicted molar refractivity (Wildman–Crippen MR) is 78.4 cm³/mol. The molecule has 1 aromatic carbocycles. The van der Waals surface area contributed by atoms with Gasteiger partial charge in [-0.1, -0.05) is 38.5 Å². The van der Waals surface area contributed by atoms with Gasteiger partial charge < -0.3 is 10.1 Å². The van der Waals surface area contributed by atoms with E-state index >= 15 is 0 Å². The molecule has 0 fully saturated rings. The van der Waals surface area contributed by atoms with Crippen LogP contribution in [0.15, 0.2) is 24.3 Å². The predicted octanol–water partition coefficient (Wildman–Crippen LogP) is 3.32. The highest BCUT2D eigenvalue weighted by molar-refractivity contribution is 5.81. The van der Waals surface area contributed by atoms with E-state index in [4.69, 9.17) is 4.74 Å². The molecule has 3 nitrogen and oxygen atoms in total. The monoisotopic (exact) mass is 263 g/mol. The van der Waals surface area contributed by atoms with Gasteiger partial charge in [-0.3, -0.25) is 4.79 Å². The summed E-state index contributed by atoms with van der Waals surface area (Å²) < 4.78 is 5.77. The molecule has 0 aliphatic rings. The Morgan fingerprint density at radius 1 is 1.26 bits per heavy atom. The van der Waals surface area contributed by atoms with Gasteiger partial charge in [0.2, 0.25) is 0 Å². The molecule has 1 aromatic rings. The van der Waals surface area contributed by atoms with Gasteiger partial charge in [-0.15, -0.1) is 0 Å². The van der Waals surface area contributed by atoms with Crippen molar-refractivity contribution in [1.29, 1.82) is 0 Å². The van der Waals surface area contributed by atoms with Gasteiger partial charge in [0.15, 0.2) is 6.10 Å². The van der Waals surface area contributed by atoms with Gasteiger partial charge in [-0.2, -0.15) is 0 Å². The van der Waals surface area contributed by atoms with Crippen LogP contribution in [0.1, 0.15) is 46.1 Å². The van der Waals surface area contributed by atoms with Crippen LogP contribution in [0.5, 0.6) is 5.75 Å². The minimum atomic E-state index is -0.466. The lowest BCUT2D eigenvalue weighted by molar-refractivity contribution is -0.127. The Balaban J connectivity index is 2.58. The van der Waals surface area contributed by atoms with Crippen molar-refractivity contribution in [3.63, 3.8) is 0 Å². The van der Waals surface area contributed by atoms with Crippen LogP contribution in [-0.2, 0) is 11.2 Å². The molecule has 106 valence electrons.